The van der Waals surface area contributed by atoms with Crippen molar-refractivity contribution in [2.24, 2.45) is 29.1 Å². The van der Waals surface area contributed by atoms with Gasteiger partial charge in [-0.15, -0.1) is 0 Å². The molecule has 3 aliphatic carbocycles. The molecule has 0 aromatic carbocycles. The Morgan fingerprint density at radius 3 is 3.10 bits per heavy atom. The molecule has 2 heterocycles. The van der Waals surface area contributed by atoms with Crippen LogP contribution in [0.3, 0.4) is 0 Å². The molecule has 0 radical (unpaired) electrons. The molecule has 6 atom stereocenters. The van der Waals surface area contributed by atoms with E-state index in [9.17, 15) is 4.79 Å². The van der Waals surface area contributed by atoms with Crippen molar-refractivity contribution in [3.8, 4) is 0 Å². The molecule has 5 rings (SSSR count). The Morgan fingerprint density at radius 2 is 2.25 bits per heavy atom. The minimum absolute atomic E-state index is 0.247. The molecule has 4 fully saturated rings. The van der Waals surface area contributed by atoms with E-state index in [2.05, 4.69) is 30.3 Å². The lowest BCUT2D eigenvalue weighted by atomic mass is 9.51. The number of hydrogen-bond donors (Lipinski definition) is 1. The summed E-state index contributed by atoms with van der Waals surface area (Å²) in [5.41, 5.74) is 1.97. The minimum atomic E-state index is 0.247. The number of carbonyl (C=O) groups excluding carboxylic acids is 1. The van der Waals surface area contributed by atoms with Crippen LogP contribution in [-0.4, -0.2) is 29.9 Å². The van der Waals surface area contributed by atoms with Crippen LogP contribution in [-0.2, 0) is 4.79 Å². The molecule has 3 nitrogen and oxygen atoms in total. The van der Waals surface area contributed by atoms with E-state index in [1.165, 1.54) is 31.5 Å². The number of amides is 1. The fourth-order valence-electron chi connectivity index (χ4n) is 7.23. The molecule has 2 saturated heterocycles. The number of piperidine rings is 2. The molecule has 2 spiro atoms. The Labute approximate surface area is 120 Å². The normalized spacial score (nSPS) is 56.3. The first kappa shape index (κ1) is 11.8. The Balaban J connectivity index is 1.77. The zero-order valence-electron chi connectivity index (χ0n) is 12.5. The summed E-state index contributed by atoms with van der Waals surface area (Å²) in [5.74, 6) is 3.40. The maximum Gasteiger partial charge on any atom is 0.224 e. The predicted octanol–water partition coefficient (Wildman–Crippen LogP) is 2.15. The summed E-state index contributed by atoms with van der Waals surface area (Å²) in [7, 11) is 2.35. The molecular weight excluding hydrogens is 248 g/mol. The number of nitrogens with one attached hydrogen (secondary N) is 1. The quantitative estimate of drug-likeness (QED) is 0.733. The average Bonchev–Trinajstić information content (AvgIpc) is 2.70. The summed E-state index contributed by atoms with van der Waals surface area (Å²) in [6.07, 6.45) is 8.37. The van der Waals surface area contributed by atoms with Crippen molar-refractivity contribution in [2.75, 3.05) is 13.6 Å². The number of carbonyl (C=O) groups is 1. The Bertz CT molecular complexity index is 541. The number of likely N-dealkylation sites (tertiary alicyclic amines) is 1. The van der Waals surface area contributed by atoms with Crippen LogP contribution in [0, 0.1) is 29.1 Å². The van der Waals surface area contributed by atoms with Gasteiger partial charge in [0.2, 0.25) is 5.91 Å². The van der Waals surface area contributed by atoms with Crippen molar-refractivity contribution in [1.29, 1.82) is 0 Å². The first-order valence-corrected chi connectivity index (χ1v) is 8.31. The zero-order chi connectivity index (χ0) is 13.7. The van der Waals surface area contributed by atoms with Crippen molar-refractivity contribution < 1.29 is 4.79 Å². The molecule has 1 amide bonds. The molecule has 108 valence electrons. The van der Waals surface area contributed by atoms with Crippen LogP contribution in [0.2, 0.25) is 0 Å². The van der Waals surface area contributed by atoms with Crippen LogP contribution in [0.1, 0.15) is 39.0 Å². The minimum Gasteiger partial charge on any atom is -0.329 e. The van der Waals surface area contributed by atoms with Gasteiger partial charge in [-0.25, -0.2) is 0 Å². The topological polar surface area (TPSA) is 32.3 Å². The van der Waals surface area contributed by atoms with Crippen molar-refractivity contribution >= 4 is 5.91 Å². The lowest BCUT2D eigenvalue weighted by Gasteiger charge is -2.60. The fourth-order valence-corrected chi connectivity index (χ4v) is 7.23. The lowest BCUT2D eigenvalue weighted by Crippen LogP contribution is -2.65. The molecule has 1 N–H and O–H groups in total. The maximum absolute atomic E-state index is 11.9. The summed E-state index contributed by atoms with van der Waals surface area (Å²) < 4.78 is 0. The van der Waals surface area contributed by atoms with Gasteiger partial charge in [-0.05, 0) is 56.4 Å². The van der Waals surface area contributed by atoms with Crippen molar-refractivity contribution in [3.63, 3.8) is 0 Å². The van der Waals surface area contributed by atoms with Crippen molar-refractivity contribution in [3.05, 3.63) is 11.8 Å². The molecule has 0 aromatic heterocycles. The molecular formula is C17H24N2O. The highest BCUT2D eigenvalue weighted by atomic mass is 16.1. The van der Waals surface area contributed by atoms with E-state index in [1.54, 1.807) is 0 Å². The van der Waals surface area contributed by atoms with Crippen LogP contribution in [0.25, 0.3) is 0 Å². The third-order valence-corrected chi connectivity index (χ3v) is 7.53. The Morgan fingerprint density at radius 1 is 1.40 bits per heavy atom. The highest BCUT2D eigenvalue weighted by molar-refractivity contribution is 5.80. The Kier molecular flexibility index (Phi) is 1.96. The van der Waals surface area contributed by atoms with Gasteiger partial charge in [0.25, 0.3) is 0 Å². The number of nitrogens with zero attached hydrogens (tertiary/aromatic N) is 1. The molecule has 2 aliphatic heterocycles. The van der Waals surface area contributed by atoms with Gasteiger partial charge in [-0.2, -0.15) is 0 Å². The van der Waals surface area contributed by atoms with E-state index in [-0.39, 0.29) is 11.3 Å². The highest BCUT2D eigenvalue weighted by Crippen LogP contribution is 2.74. The molecule has 3 heteroatoms. The largest absolute Gasteiger partial charge is 0.329 e. The first-order chi connectivity index (χ1) is 9.58. The predicted molar refractivity (Wildman–Crippen MR) is 76.7 cm³/mol. The van der Waals surface area contributed by atoms with Gasteiger partial charge >= 0.3 is 0 Å². The Hall–Kier alpha value is -0.830. The van der Waals surface area contributed by atoms with Crippen LogP contribution in [0.5, 0.6) is 0 Å². The van der Waals surface area contributed by atoms with Gasteiger partial charge in [0.05, 0.1) is 0 Å². The van der Waals surface area contributed by atoms with Crippen LogP contribution in [0.4, 0.5) is 0 Å². The zero-order valence-corrected chi connectivity index (χ0v) is 12.5. The molecule has 0 aromatic rings. The smallest absolute Gasteiger partial charge is 0.224 e. The number of allylic oxidation sites excluding steroid dienone is 1. The van der Waals surface area contributed by atoms with Crippen molar-refractivity contribution in [2.45, 2.75) is 44.6 Å². The van der Waals surface area contributed by atoms with Gasteiger partial charge in [0, 0.05) is 29.6 Å². The van der Waals surface area contributed by atoms with E-state index in [4.69, 9.17) is 0 Å². The average molecular weight is 272 g/mol. The molecule has 5 bridgehead atoms. The molecule has 0 unspecified atom stereocenters. The van der Waals surface area contributed by atoms with Crippen LogP contribution >= 0.6 is 0 Å². The summed E-state index contributed by atoms with van der Waals surface area (Å²) in [6.45, 7) is 3.68. The highest BCUT2D eigenvalue weighted by Gasteiger charge is 2.76. The van der Waals surface area contributed by atoms with E-state index < -0.39 is 0 Å². The molecule has 20 heavy (non-hydrogen) atoms. The second-order valence-electron chi connectivity index (χ2n) is 8.15. The summed E-state index contributed by atoms with van der Waals surface area (Å²) in [4.78, 5) is 14.6. The molecule has 2 saturated carbocycles. The summed E-state index contributed by atoms with van der Waals surface area (Å²) >= 11 is 0. The number of rotatable bonds is 0. The third-order valence-electron chi connectivity index (χ3n) is 7.53. The third kappa shape index (κ3) is 0.995. The van der Waals surface area contributed by atoms with Crippen molar-refractivity contribution in [1.82, 2.24) is 10.2 Å². The van der Waals surface area contributed by atoms with Gasteiger partial charge in [-0.1, -0.05) is 13.0 Å². The van der Waals surface area contributed by atoms with Crippen LogP contribution in [0.15, 0.2) is 11.8 Å². The summed E-state index contributed by atoms with van der Waals surface area (Å²) in [6, 6.07) is 0. The standard InChI is InChI=1S/C17H24N2O/c1-10-5-11-6-14-16(4-3-15(20)18-14)12-7-13(11)17(16,8-10)19(2)9-12/h6,10-13H,3-5,7-9H2,1-2H3,(H,18,20)/t10-,11-,12+,13-,16-,17+/m0/s1. The lowest BCUT2D eigenvalue weighted by molar-refractivity contribution is -0.125. The number of hydrogen-bond acceptors (Lipinski definition) is 2. The second-order valence-corrected chi connectivity index (χ2v) is 8.15. The second kappa shape index (κ2) is 3.32. The fraction of sp³-hybridized carbons (Fsp3) is 0.824. The van der Waals surface area contributed by atoms with Gasteiger partial charge < -0.3 is 5.32 Å². The monoisotopic (exact) mass is 272 g/mol. The van der Waals surface area contributed by atoms with E-state index >= 15 is 0 Å². The maximum atomic E-state index is 11.9. The van der Waals surface area contributed by atoms with Gasteiger partial charge in [0.1, 0.15) is 0 Å². The van der Waals surface area contributed by atoms with E-state index in [0.29, 0.717) is 11.5 Å². The summed E-state index contributed by atoms with van der Waals surface area (Å²) in [5, 5.41) is 3.29. The van der Waals surface area contributed by atoms with Gasteiger partial charge in [-0.3, -0.25) is 9.69 Å². The van der Waals surface area contributed by atoms with Crippen LogP contribution < -0.4 is 5.32 Å². The SMILES string of the molecule is C[C@H]1C[C@H]2C=C3NC(=O)CC[C@]34[C@@H]3C[C@@H]2[C@@]4(C1)N(C)C3. The first-order valence-electron chi connectivity index (χ1n) is 8.31. The van der Waals surface area contributed by atoms with E-state index in [0.717, 1.165) is 30.6 Å². The van der Waals surface area contributed by atoms with E-state index in [1.807, 2.05) is 0 Å². The van der Waals surface area contributed by atoms with Gasteiger partial charge in [0.15, 0.2) is 0 Å². The molecule has 5 aliphatic rings.